The highest BCUT2D eigenvalue weighted by molar-refractivity contribution is 5.95. The molecule has 2 aromatic rings. The number of likely N-dealkylation sites (tertiary alicyclic amines) is 1. The Bertz CT molecular complexity index is 1020. The van der Waals surface area contributed by atoms with Crippen molar-refractivity contribution in [2.75, 3.05) is 18.0 Å². The van der Waals surface area contributed by atoms with Crippen molar-refractivity contribution in [1.82, 2.24) is 14.9 Å². The number of rotatable bonds is 6. The molecule has 2 fully saturated rings. The summed E-state index contributed by atoms with van der Waals surface area (Å²) in [7, 11) is 0. The molecule has 1 saturated carbocycles. The molecule has 6 heteroatoms. The average Bonchev–Trinajstić information content (AvgIpc) is 3.51. The van der Waals surface area contributed by atoms with Crippen molar-refractivity contribution in [2.45, 2.75) is 77.2 Å². The molecule has 0 N–H and O–H groups in total. The van der Waals surface area contributed by atoms with Crippen LogP contribution in [0, 0.1) is 12.8 Å². The van der Waals surface area contributed by atoms with Gasteiger partial charge in [0.2, 0.25) is 11.8 Å². The van der Waals surface area contributed by atoms with Crippen molar-refractivity contribution in [3.05, 3.63) is 53.0 Å². The summed E-state index contributed by atoms with van der Waals surface area (Å²) in [6.45, 7) is 3.42. The zero-order valence-electron chi connectivity index (χ0n) is 19.6. The molecule has 0 unspecified atom stereocenters. The molecule has 5 rings (SSSR count). The molecule has 3 heterocycles. The lowest BCUT2D eigenvalue weighted by molar-refractivity contribution is -0.133. The van der Waals surface area contributed by atoms with Crippen LogP contribution in [-0.2, 0) is 22.4 Å². The summed E-state index contributed by atoms with van der Waals surface area (Å²) in [4.78, 5) is 39.7. The van der Waals surface area contributed by atoms with Crippen LogP contribution in [0.2, 0.25) is 0 Å². The van der Waals surface area contributed by atoms with Crippen LogP contribution in [-0.4, -0.2) is 39.8 Å². The maximum absolute atomic E-state index is 13.1. The molecule has 1 aromatic heterocycles. The quantitative estimate of drug-likeness (QED) is 0.653. The zero-order chi connectivity index (χ0) is 22.8. The van der Waals surface area contributed by atoms with Crippen LogP contribution in [0.4, 0.5) is 5.82 Å². The number of hydrogen-bond donors (Lipinski definition) is 0. The Morgan fingerprint density at radius 3 is 2.61 bits per heavy atom. The molecular weight excluding hydrogens is 412 g/mol. The fourth-order valence-electron chi connectivity index (χ4n) is 5.78. The van der Waals surface area contributed by atoms with Crippen molar-refractivity contribution in [2.24, 2.45) is 5.92 Å². The van der Waals surface area contributed by atoms with Crippen molar-refractivity contribution in [3.8, 4) is 0 Å². The van der Waals surface area contributed by atoms with Gasteiger partial charge in [0.05, 0.1) is 6.04 Å². The maximum Gasteiger partial charge on any atom is 0.228 e. The van der Waals surface area contributed by atoms with Gasteiger partial charge in [0.15, 0.2) is 5.82 Å². The normalized spacial score (nSPS) is 21.0. The third kappa shape index (κ3) is 4.66. The minimum Gasteiger partial charge on any atom is -0.332 e. The lowest BCUT2D eigenvalue weighted by atomic mass is 10.0. The molecule has 3 aliphatic rings. The number of anilines is 1. The van der Waals surface area contributed by atoms with Crippen LogP contribution < -0.4 is 4.90 Å². The second-order valence-corrected chi connectivity index (χ2v) is 9.85. The van der Waals surface area contributed by atoms with E-state index in [4.69, 9.17) is 9.97 Å². The van der Waals surface area contributed by atoms with E-state index in [-0.39, 0.29) is 17.9 Å². The van der Waals surface area contributed by atoms with Crippen molar-refractivity contribution >= 4 is 17.6 Å². The number of aryl methyl sites for hydroxylation is 1. The Balaban J connectivity index is 1.39. The van der Waals surface area contributed by atoms with Gasteiger partial charge in [0.1, 0.15) is 5.82 Å². The van der Waals surface area contributed by atoms with Gasteiger partial charge in [0.25, 0.3) is 0 Å². The van der Waals surface area contributed by atoms with Crippen LogP contribution in [0.1, 0.15) is 80.1 Å². The van der Waals surface area contributed by atoms with Gasteiger partial charge in [-0.05, 0) is 56.9 Å². The summed E-state index contributed by atoms with van der Waals surface area (Å²) < 4.78 is 0. The largest absolute Gasteiger partial charge is 0.332 e. The van der Waals surface area contributed by atoms with E-state index in [1.54, 1.807) is 0 Å². The molecule has 2 aliphatic heterocycles. The van der Waals surface area contributed by atoms with Gasteiger partial charge in [-0.25, -0.2) is 9.97 Å². The standard InChI is InChI=1S/C27H34N4O2/c1-19-22-13-14-24(32)31(17-15-20-8-3-2-4-9-20)27(22)29-26(28-19)23-12-7-16-30(23)25(33)18-21-10-5-6-11-21/h2-4,8-9,21,23H,5-7,10-18H2,1H3/t23-/m0/s1. The Labute approximate surface area is 196 Å². The minimum atomic E-state index is -0.0732. The van der Waals surface area contributed by atoms with E-state index < -0.39 is 0 Å². The van der Waals surface area contributed by atoms with Gasteiger partial charge in [-0.1, -0.05) is 43.2 Å². The lowest BCUT2D eigenvalue weighted by Crippen LogP contribution is -2.39. The van der Waals surface area contributed by atoms with E-state index in [9.17, 15) is 9.59 Å². The van der Waals surface area contributed by atoms with Crippen LogP contribution in [0.5, 0.6) is 0 Å². The Morgan fingerprint density at radius 1 is 1.03 bits per heavy atom. The Kier molecular flexibility index (Phi) is 6.43. The van der Waals surface area contributed by atoms with Gasteiger partial charge < -0.3 is 4.90 Å². The monoisotopic (exact) mass is 446 g/mol. The predicted molar refractivity (Wildman–Crippen MR) is 128 cm³/mol. The van der Waals surface area contributed by atoms with Gasteiger partial charge >= 0.3 is 0 Å². The van der Waals surface area contributed by atoms with Crippen LogP contribution >= 0.6 is 0 Å². The molecular formula is C27H34N4O2. The number of fused-ring (bicyclic) bond motifs is 1. The number of aromatic nitrogens is 2. The topological polar surface area (TPSA) is 66.4 Å². The summed E-state index contributed by atoms with van der Waals surface area (Å²) >= 11 is 0. The average molecular weight is 447 g/mol. The molecule has 0 radical (unpaired) electrons. The van der Waals surface area contributed by atoms with Crippen molar-refractivity contribution in [3.63, 3.8) is 0 Å². The first-order chi connectivity index (χ1) is 16.1. The van der Waals surface area contributed by atoms with Crippen LogP contribution in [0.15, 0.2) is 30.3 Å². The predicted octanol–water partition coefficient (Wildman–Crippen LogP) is 4.55. The van der Waals surface area contributed by atoms with Gasteiger partial charge in [-0.3, -0.25) is 14.5 Å². The first-order valence-electron chi connectivity index (χ1n) is 12.6. The Hall–Kier alpha value is -2.76. The molecule has 33 heavy (non-hydrogen) atoms. The maximum atomic E-state index is 13.1. The van der Waals surface area contributed by atoms with E-state index in [1.165, 1.54) is 31.2 Å². The van der Waals surface area contributed by atoms with Gasteiger partial charge in [-0.2, -0.15) is 0 Å². The van der Waals surface area contributed by atoms with Crippen LogP contribution in [0.3, 0.4) is 0 Å². The van der Waals surface area contributed by atoms with E-state index in [2.05, 4.69) is 12.1 Å². The summed E-state index contributed by atoms with van der Waals surface area (Å²) in [6, 6.07) is 10.2. The number of carbonyl (C=O) groups excluding carboxylic acids is 2. The first kappa shape index (κ1) is 22.1. The summed E-state index contributed by atoms with van der Waals surface area (Å²) in [6.07, 6.45) is 9.38. The molecule has 174 valence electrons. The van der Waals surface area contributed by atoms with Gasteiger partial charge in [0, 0.05) is 37.2 Å². The fourth-order valence-corrected chi connectivity index (χ4v) is 5.78. The third-order valence-electron chi connectivity index (χ3n) is 7.63. The third-order valence-corrected chi connectivity index (χ3v) is 7.63. The van der Waals surface area contributed by atoms with Gasteiger partial charge in [-0.15, -0.1) is 0 Å². The smallest absolute Gasteiger partial charge is 0.228 e. The number of nitrogens with zero attached hydrogens (tertiary/aromatic N) is 4. The number of benzene rings is 1. The molecule has 1 saturated heterocycles. The lowest BCUT2D eigenvalue weighted by Gasteiger charge is -2.31. The highest BCUT2D eigenvalue weighted by Crippen LogP contribution is 2.36. The van der Waals surface area contributed by atoms with Crippen molar-refractivity contribution < 1.29 is 9.59 Å². The second kappa shape index (κ2) is 9.62. The highest BCUT2D eigenvalue weighted by atomic mass is 16.2. The molecule has 6 nitrogen and oxygen atoms in total. The molecule has 1 atom stereocenters. The highest BCUT2D eigenvalue weighted by Gasteiger charge is 2.35. The number of hydrogen-bond acceptors (Lipinski definition) is 4. The number of amides is 2. The van der Waals surface area contributed by atoms with E-state index in [0.717, 1.165) is 42.9 Å². The molecule has 1 aromatic carbocycles. The first-order valence-corrected chi connectivity index (χ1v) is 12.6. The van der Waals surface area contributed by atoms with Crippen LogP contribution in [0.25, 0.3) is 0 Å². The number of carbonyl (C=O) groups is 2. The molecule has 0 bridgehead atoms. The SMILES string of the molecule is Cc1nc([C@@H]2CCCN2C(=O)CC2CCCC2)nc2c1CCC(=O)N2CCc1ccccc1. The molecule has 2 amide bonds. The summed E-state index contributed by atoms with van der Waals surface area (Å²) in [5.74, 6) is 2.39. The fraction of sp³-hybridized carbons (Fsp3) is 0.556. The summed E-state index contributed by atoms with van der Waals surface area (Å²) in [5.41, 5.74) is 3.23. The summed E-state index contributed by atoms with van der Waals surface area (Å²) in [5, 5.41) is 0. The van der Waals surface area contributed by atoms with Crippen molar-refractivity contribution in [1.29, 1.82) is 0 Å². The van der Waals surface area contributed by atoms with E-state index in [0.29, 0.717) is 37.5 Å². The Morgan fingerprint density at radius 2 is 1.82 bits per heavy atom. The zero-order valence-corrected chi connectivity index (χ0v) is 19.6. The second-order valence-electron chi connectivity index (χ2n) is 9.85. The van der Waals surface area contributed by atoms with E-state index >= 15 is 0 Å². The molecule has 0 spiro atoms. The van der Waals surface area contributed by atoms with E-state index in [1.807, 2.05) is 34.9 Å². The minimum absolute atomic E-state index is 0.0732. The molecule has 1 aliphatic carbocycles.